The molecule has 17 heteroatoms. The fourth-order valence-electron chi connectivity index (χ4n) is 3.58. The van der Waals surface area contributed by atoms with E-state index in [-0.39, 0.29) is 6.42 Å². The maximum atomic E-state index is 13.0. The van der Waals surface area contributed by atoms with Gasteiger partial charge in [-0.3, -0.25) is 33.6 Å². The van der Waals surface area contributed by atoms with Crippen LogP contribution in [0, 0.1) is 0 Å². The molecule has 14 N–H and O–H groups in total. The average Bonchev–Trinajstić information content (AvgIpc) is 2.90. The van der Waals surface area contributed by atoms with E-state index in [4.69, 9.17) is 28.0 Å². The molecule has 240 valence electrons. The molecule has 0 aromatic heterocycles. The second-order valence-corrected chi connectivity index (χ2v) is 9.99. The normalized spacial score (nSPS) is 15.1. The number of aliphatic carboxylic acids is 1. The molecule has 0 saturated heterocycles. The molecule has 0 aliphatic rings. The van der Waals surface area contributed by atoms with E-state index in [1.165, 1.54) is 20.8 Å². The first kappa shape index (κ1) is 38.2. The van der Waals surface area contributed by atoms with Gasteiger partial charge in [0, 0.05) is 0 Å². The quantitative estimate of drug-likeness (QED) is 0.0565. The molecular weight excluding hydrogens is 554 g/mol. The summed E-state index contributed by atoms with van der Waals surface area (Å²) in [6, 6.07) is -6.74. The van der Waals surface area contributed by atoms with E-state index < -0.39 is 84.1 Å². The van der Waals surface area contributed by atoms with Crippen LogP contribution in [0.15, 0.2) is 0 Å². The first-order valence-corrected chi connectivity index (χ1v) is 13.8. The lowest BCUT2D eigenvalue weighted by molar-refractivity contribution is -0.139. The van der Waals surface area contributed by atoms with E-state index in [9.17, 15) is 33.6 Å². The number of carboxylic acids is 1. The van der Waals surface area contributed by atoms with Crippen molar-refractivity contribution in [2.45, 2.75) is 102 Å². The van der Waals surface area contributed by atoms with Crippen LogP contribution in [0.3, 0.4) is 0 Å². The third-order valence-corrected chi connectivity index (χ3v) is 6.17. The minimum absolute atomic E-state index is 0.166. The standard InChI is InChI=1S/C25H47N9O8/c1-13(21(38)30-14(2)22(39)33-17(20(29)37)8-4-6-10-26)32-25(42)18(9-5-7-11-27)34-23(40)15(3)31-24(41)16(28)12-19(35)36/h13-18H,4-12,26-28H2,1-3H3,(H2,29,37)(H,30,38)(H,31,41)(H,32,42)(H,33,39)(H,34,40)(H,35,36)/t13-,14+,15+,16?,17+,18+/m1/s1. The van der Waals surface area contributed by atoms with E-state index in [1.54, 1.807) is 0 Å². The first-order valence-electron chi connectivity index (χ1n) is 13.8. The highest BCUT2D eigenvalue weighted by Gasteiger charge is 2.29. The molecular formula is C25H47N9O8. The Labute approximate surface area is 245 Å². The summed E-state index contributed by atoms with van der Waals surface area (Å²) in [6.07, 6.45) is 2.05. The molecule has 0 aliphatic heterocycles. The van der Waals surface area contributed by atoms with Gasteiger partial charge < -0.3 is 54.6 Å². The van der Waals surface area contributed by atoms with Crippen molar-refractivity contribution in [2.75, 3.05) is 13.1 Å². The van der Waals surface area contributed by atoms with Crippen LogP contribution in [-0.4, -0.2) is 95.9 Å². The molecule has 42 heavy (non-hydrogen) atoms. The summed E-state index contributed by atoms with van der Waals surface area (Å²) < 4.78 is 0. The Hall–Kier alpha value is -3.83. The van der Waals surface area contributed by atoms with Crippen molar-refractivity contribution in [1.82, 2.24) is 26.6 Å². The van der Waals surface area contributed by atoms with E-state index in [1.807, 2.05) is 0 Å². The molecule has 17 nitrogen and oxygen atoms in total. The highest BCUT2D eigenvalue weighted by atomic mass is 16.4. The van der Waals surface area contributed by atoms with Gasteiger partial charge in [-0.2, -0.15) is 0 Å². The zero-order valence-electron chi connectivity index (χ0n) is 24.4. The van der Waals surface area contributed by atoms with Crippen LogP contribution in [0.5, 0.6) is 0 Å². The monoisotopic (exact) mass is 601 g/mol. The Bertz CT molecular complexity index is 949. The lowest BCUT2D eigenvalue weighted by atomic mass is 10.1. The first-order chi connectivity index (χ1) is 19.6. The maximum absolute atomic E-state index is 13.0. The lowest BCUT2D eigenvalue weighted by Gasteiger charge is -2.24. The van der Waals surface area contributed by atoms with Crippen molar-refractivity contribution in [3.63, 3.8) is 0 Å². The van der Waals surface area contributed by atoms with Gasteiger partial charge in [0.2, 0.25) is 35.4 Å². The number of rotatable bonds is 21. The third-order valence-electron chi connectivity index (χ3n) is 6.17. The lowest BCUT2D eigenvalue weighted by Crippen LogP contribution is -2.58. The van der Waals surface area contributed by atoms with E-state index in [0.717, 1.165) is 0 Å². The average molecular weight is 602 g/mol. The van der Waals surface area contributed by atoms with Crippen molar-refractivity contribution in [3.8, 4) is 0 Å². The topological polar surface area (TPSA) is 304 Å². The molecule has 0 bridgehead atoms. The third kappa shape index (κ3) is 15.2. The highest BCUT2D eigenvalue weighted by molar-refractivity contribution is 5.96. The number of nitrogens with one attached hydrogen (secondary N) is 5. The Morgan fingerprint density at radius 1 is 0.595 bits per heavy atom. The van der Waals surface area contributed by atoms with E-state index in [2.05, 4.69) is 26.6 Å². The largest absolute Gasteiger partial charge is 0.481 e. The fraction of sp³-hybridized carbons (Fsp3) is 0.720. The summed E-state index contributed by atoms with van der Waals surface area (Å²) in [6.45, 7) is 4.87. The minimum Gasteiger partial charge on any atom is -0.481 e. The maximum Gasteiger partial charge on any atom is 0.305 e. The van der Waals surface area contributed by atoms with Gasteiger partial charge in [-0.1, -0.05) is 0 Å². The molecule has 0 aromatic rings. The van der Waals surface area contributed by atoms with Crippen molar-refractivity contribution >= 4 is 41.4 Å². The minimum atomic E-state index is -1.37. The number of carboxylic acid groups (broad SMARTS) is 1. The molecule has 6 amide bonds. The molecule has 0 spiro atoms. The summed E-state index contributed by atoms with van der Waals surface area (Å²) in [5.74, 6) is -5.65. The van der Waals surface area contributed by atoms with Crippen LogP contribution in [0.1, 0.15) is 65.7 Å². The molecule has 0 aliphatic carbocycles. The zero-order valence-corrected chi connectivity index (χ0v) is 24.4. The number of hydrogen-bond donors (Lipinski definition) is 10. The zero-order chi connectivity index (χ0) is 32.4. The second-order valence-electron chi connectivity index (χ2n) is 9.99. The summed E-state index contributed by atoms with van der Waals surface area (Å²) in [5, 5.41) is 21.0. The van der Waals surface area contributed by atoms with Crippen LogP contribution >= 0.6 is 0 Å². The predicted molar refractivity (Wildman–Crippen MR) is 152 cm³/mol. The summed E-state index contributed by atoms with van der Waals surface area (Å²) in [4.78, 5) is 85.3. The molecule has 0 heterocycles. The number of carbonyl (C=O) groups excluding carboxylic acids is 6. The van der Waals surface area contributed by atoms with Crippen molar-refractivity contribution in [2.24, 2.45) is 22.9 Å². The SMILES string of the molecule is C[C@H](NC(=O)C(N)CC(=O)O)C(=O)N[C@@H](CCCCN)C(=O)N[C@H](C)C(=O)N[C@@H](C)C(=O)N[C@@H](CCCCN)C(N)=O. The second kappa shape index (κ2) is 20.1. The van der Waals surface area contributed by atoms with Crippen LogP contribution < -0.4 is 49.5 Å². The smallest absolute Gasteiger partial charge is 0.305 e. The van der Waals surface area contributed by atoms with Crippen molar-refractivity contribution in [3.05, 3.63) is 0 Å². The Morgan fingerprint density at radius 3 is 1.40 bits per heavy atom. The molecule has 0 aromatic carbocycles. The molecule has 0 saturated carbocycles. The van der Waals surface area contributed by atoms with Gasteiger partial charge >= 0.3 is 5.97 Å². The van der Waals surface area contributed by atoms with Gasteiger partial charge in [0.1, 0.15) is 30.2 Å². The number of carbonyl (C=O) groups is 7. The number of unbranched alkanes of at least 4 members (excludes halogenated alkanes) is 2. The van der Waals surface area contributed by atoms with Crippen LogP contribution in [0.4, 0.5) is 0 Å². The number of hydrogen-bond acceptors (Lipinski definition) is 10. The van der Waals surface area contributed by atoms with Gasteiger partial charge in [-0.15, -0.1) is 0 Å². The fourth-order valence-corrected chi connectivity index (χ4v) is 3.58. The predicted octanol–water partition coefficient (Wildman–Crippen LogP) is -3.98. The van der Waals surface area contributed by atoms with Gasteiger partial charge in [0.25, 0.3) is 0 Å². The number of primary amides is 1. The summed E-state index contributed by atoms with van der Waals surface area (Å²) in [7, 11) is 0. The number of amides is 6. The molecule has 0 radical (unpaired) electrons. The van der Waals surface area contributed by atoms with E-state index >= 15 is 0 Å². The van der Waals surface area contributed by atoms with Gasteiger partial charge in [0.15, 0.2) is 0 Å². The molecule has 1 unspecified atom stereocenters. The van der Waals surface area contributed by atoms with Gasteiger partial charge in [-0.05, 0) is 72.4 Å². The Morgan fingerprint density at radius 2 is 0.976 bits per heavy atom. The summed E-state index contributed by atoms with van der Waals surface area (Å²) in [5.41, 5.74) is 21.8. The molecule has 0 fully saturated rings. The van der Waals surface area contributed by atoms with Gasteiger partial charge in [0.05, 0.1) is 12.5 Å². The van der Waals surface area contributed by atoms with Crippen LogP contribution in [0.2, 0.25) is 0 Å². The van der Waals surface area contributed by atoms with Crippen LogP contribution in [-0.2, 0) is 33.6 Å². The van der Waals surface area contributed by atoms with E-state index in [0.29, 0.717) is 45.2 Å². The molecule has 6 atom stereocenters. The number of nitrogens with two attached hydrogens (primary N) is 4. The van der Waals surface area contributed by atoms with Crippen molar-refractivity contribution < 1.29 is 38.7 Å². The Balaban J connectivity index is 5.18. The Kier molecular flexibility index (Phi) is 18.3. The highest BCUT2D eigenvalue weighted by Crippen LogP contribution is 2.04. The van der Waals surface area contributed by atoms with Crippen molar-refractivity contribution in [1.29, 1.82) is 0 Å². The molecule has 0 rings (SSSR count). The summed E-state index contributed by atoms with van der Waals surface area (Å²) >= 11 is 0. The van der Waals surface area contributed by atoms with Crippen LogP contribution in [0.25, 0.3) is 0 Å². The van der Waals surface area contributed by atoms with Gasteiger partial charge in [-0.25, -0.2) is 0 Å².